The summed E-state index contributed by atoms with van der Waals surface area (Å²) in [5.41, 5.74) is 2.16. The third kappa shape index (κ3) is 5.29. The Balaban J connectivity index is 1.21. The molecule has 1 aliphatic heterocycles. The van der Waals surface area contributed by atoms with Crippen molar-refractivity contribution in [2.24, 2.45) is 7.05 Å². The molecule has 4 rings (SSSR count). The molecule has 0 N–H and O–H groups in total. The zero-order valence-electron chi connectivity index (χ0n) is 17.4. The first-order valence-electron chi connectivity index (χ1n) is 10.5. The average Bonchev–Trinajstić information content (AvgIpc) is 3.32. The Morgan fingerprint density at radius 1 is 1.10 bits per heavy atom. The van der Waals surface area contributed by atoms with Gasteiger partial charge in [0.15, 0.2) is 0 Å². The molecule has 0 aliphatic carbocycles. The number of nitrogens with zero attached hydrogens (tertiary/aromatic N) is 8. The first kappa shape index (κ1) is 20.2. The van der Waals surface area contributed by atoms with Gasteiger partial charge in [-0.25, -0.2) is 0 Å². The van der Waals surface area contributed by atoms with Crippen LogP contribution in [0.1, 0.15) is 24.8 Å². The predicted molar refractivity (Wildman–Crippen MR) is 112 cm³/mol. The van der Waals surface area contributed by atoms with Gasteiger partial charge in [-0.05, 0) is 18.1 Å². The molecule has 1 aromatic carbocycles. The molecule has 0 atom stereocenters. The van der Waals surface area contributed by atoms with Gasteiger partial charge in [0, 0.05) is 63.5 Å². The second-order valence-electron chi connectivity index (χ2n) is 7.71. The van der Waals surface area contributed by atoms with Crippen molar-refractivity contribution >= 4 is 5.91 Å². The maximum Gasteiger partial charge on any atom is 0.222 e. The van der Waals surface area contributed by atoms with Gasteiger partial charge in [-0.3, -0.25) is 14.4 Å². The summed E-state index contributed by atoms with van der Waals surface area (Å²) in [6, 6.07) is 9.78. The third-order valence-corrected chi connectivity index (χ3v) is 5.34. The Hall–Kier alpha value is -3.07. The van der Waals surface area contributed by atoms with Crippen molar-refractivity contribution in [3.63, 3.8) is 0 Å². The molecule has 30 heavy (non-hydrogen) atoms. The summed E-state index contributed by atoms with van der Waals surface area (Å²) in [6.07, 6.45) is 6.17. The summed E-state index contributed by atoms with van der Waals surface area (Å²) in [6.45, 7) is 4.97. The van der Waals surface area contributed by atoms with Crippen LogP contribution < -0.4 is 0 Å². The minimum atomic E-state index is 0.210. The lowest BCUT2D eigenvalue weighted by molar-refractivity contribution is -0.131. The Morgan fingerprint density at radius 3 is 2.77 bits per heavy atom. The van der Waals surface area contributed by atoms with Gasteiger partial charge in [0.05, 0.1) is 12.7 Å². The molecule has 1 aliphatic rings. The molecule has 0 spiro atoms. The van der Waals surface area contributed by atoms with Crippen molar-refractivity contribution in [3.8, 4) is 11.4 Å². The number of tetrazole rings is 1. The Kier molecular flexibility index (Phi) is 6.48. The molecule has 1 fully saturated rings. The topological polar surface area (TPSA) is 85.0 Å². The van der Waals surface area contributed by atoms with Crippen molar-refractivity contribution in [1.82, 2.24) is 39.8 Å². The fraction of sp³-hybridized carbons (Fsp3) is 0.476. The van der Waals surface area contributed by atoms with E-state index in [2.05, 4.69) is 31.6 Å². The lowest BCUT2D eigenvalue weighted by atomic mass is 10.2. The quantitative estimate of drug-likeness (QED) is 0.590. The normalized spacial score (nSPS) is 15.3. The van der Waals surface area contributed by atoms with Gasteiger partial charge in [-0.1, -0.05) is 30.3 Å². The number of carbonyl (C=O) groups is 1. The van der Waals surface area contributed by atoms with Gasteiger partial charge in [0.1, 0.15) is 0 Å². The summed E-state index contributed by atoms with van der Waals surface area (Å²) >= 11 is 0. The molecule has 3 aromatic rings. The lowest BCUT2D eigenvalue weighted by Crippen LogP contribution is -2.35. The van der Waals surface area contributed by atoms with E-state index in [-0.39, 0.29) is 5.91 Å². The Morgan fingerprint density at radius 2 is 1.97 bits per heavy atom. The highest BCUT2D eigenvalue weighted by Gasteiger charge is 2.19. The van der Waals surface area contributed by atoms with Crippen LogP contribution in [-0.2, 0) is 24.9 Å². The smallest absolute Gasteiger partial charge is 0.222 e. The highest BCUT2D eigenvalue weighted by atomic mass is 16.2. The van der Waals surface area contributed by atoms with Gasteiger partial charge in [0.25, 0.3) is 0 Å². The number of aryl methyl sites for hydroxylation is 2. The van der Waals surface area contributed by atoms with Crippen LogP contribution in [0.25, 0.3) is 11.4 Å². The van der Waals surface area contributed by atoms with E-state index in [1.807, 2.05) is 53.2 Å². The van der Waals surface area contributed by atoms with Crippen LogP contribution in [-0.4, -0.2) is 71.9 Å². The lowest BCUT2D eigenvalue weighted by Gasteiger charge is -2.21. The third-order valence-electron chi connectivity index (χ3n) is 5.34. The van der Waals surface area contributed by atoms with Gasteiger partial charge < -0.3 is 4.90 Å². The fourth-order valence-corrected chi connectivity index (χ4v) is 3.76. The highest BCUT2D eigenvalue weighted by Crippen LogP contribution is 2.13. The molecule has 0 radical (unpaired) electrons. The molecule has 0 unspecified atom stereocenters. The number of aromatic nitrogens is 6. The molecule has 1 saturated heterocycles. The average molecular weight is 409 g/mol. The van der Waals surface area contributed by atoms with Crippen LogP contribution in [0.15, 0.2) is 42.7 Å². The summed E-state index contributed by atoms with van der Waals surface area (Å²) in [7, 11) is 1.93. The van der Waals surface area contributed by atoms with Crippen molar-refractivity contribution in [3.05, 3.63) is 48.3 Å². The van der Waals surface area contributed by atoms with E-state index in [0.29, 0.717) is 25.2 Å². The van der Waals surface area contributed by atoms with E-state index >= 15 is 0 Å². The largest absolute Gasteiger partial charge is 0.341 e. The SMILES string of the molecule is Cn1cc(CN2CCCN(C(=O)CCCn3nnc(-c4ccccc4)n3)CC2)cn1. The van der Waals surface area contributed by atoms with Crippen molar-refractivity contribution in [1.29, 1.82) is 0 Å². The number of hydrogen-bond acceptors (Lipinski definition) is 6. The Labute approximate surface area is 176 Å². The fourth-order valence-electron chi connectivity index (χ4n) is 3.76. The number of benzene rings is 1. The first-order valence-corrected chi connectivity index (χ1v) is 10.5. The summed E-state index contributed by atoms with van der Waals surface area (Å²) in [5.74, 6) is 0.824. The molecule has 1 amide bonds. The molecule has 9 heteroatoms. The maximum absolute atomic E-state index is 12.7. The number of rotatable bonds is 7. The first-order chi connectivity index (χ1) is 14.7. The summed E-state index contributed by atoms with van der Waals surface area (Å²) in [4.78, 5) is 18.6. The minimum Gasteiger partial charge on any atom is -0.341 e. The van der Waals surface area contributed by atoms with E-state index < -0.39 is 0 Å². The highest BCUT2D eigenvalue weighted by molar-refractivity contribution is 5.76. The Bertz CT molecular complexity index is 951. The molecule has 0 saturated carbocycles. The molecular formula is C21H28N8O. The zero-order chi connectivity index (χ0) is 20.8. The molecule has 0 bridgehead atoms. The second-order valence-corrected chi connectivity index (χ2v) is 7.71. The van der Waals surface area contributed by atoms with Gasteiger partial charge >= 0.3 is 0 Å². The van der Waals surface area contributed by atoms with Crippen LogP contribution >= 0.6 is 0 Å². The van der Waals surface area contributed by atoms with Crippen molar-refractivity contribution in [2.75, 3.05) is 26.2 Å². The minimum absolute atomic E-state index is 0.210. The van der Waals surface area contributed by atoms with Crippen LogP contribution in [0, 0.1) is 0 Å². The second kappa shape index (κ2) is 9.62. The monoisotopic (exact) mass is 408 g/mol. The molecular weight excluding hydrogens is 380 g/mol. The molecule has 9 nitrogen and oxygen atoms in total. The van der Waals surface area contributed by atoms with Crippen molar-refractivity contribution in [2.45, 2.75) is 32.4 Å². The van der Waals surface area contributed by atoms with Gasteiger partial charge in [0.2, 0.25) is 11.7 Å². The van der Waals surface area contributed by atoms with Gasteiger partial charge in [-0.2, -0.15) is 9.90 Å². The maximum atomic E-state index is 12.7. The molecule has 2 aromatic heterocycles. The zero-order valence-corrected chi connectivity index (χ0v) is 17.4. The van der Waals surface area contributed by atoms with E-state index in [1.54, 1.807) is 4.80 Å². The number of carbonyl (C=O) groups excluding carboxylic acids is 1. The van der Waals surface area contributed by atoms with Gasteiger partial charge in [-0.15, -0.1) is 10.2 Å². The summed E-state index contributed by atoms with van der Waals surface area (Å²) < 4.78 is 1.83. The number of hydrogen-bond donors (Lipinski definition) is 0. The predicted octanol–water partition coefficient (Wildman–Crippen LogP) is 1.59. The summed E-state index contributed by atoms with van der Waals surface area (Å²) in [5, 5.41) is 16.9. The van der Waals surface area contributed by atoms with Crippen LogP contribution in [0.4, 0.5) is 0 Å². The van der Waals surface area contributed by atoms with E-state index in [1.165, 1.54) is 5.56 Å². The van der Waals surface area contributed by atoms with Crippen molar-refractivity contribution < 1.29 is 4.79 Å². The van der Waals surface area contributed by atoms with Crippen LogP contribution in [0.5, 0.6) is 0 Å². The van der Waals surface area contributed by atoms with E-state index in [9.17, 15) is 4.79 Å². The van der Waals surface area contributed by atoms with Crippen LogP contribution in [0.2, 0.25) is 0 Å². The standard InChI is InChI=1S/C21H28N8O/c1-26-16-18(15-22-26)17-27-10-6-11-28(14-13-27)20(30)9-5-12-29-24-21(23-25-29)19-7-3-2-4-8-19/h2-4,7-8,15-16H,5-6,9-14,17H2,1H3. The van der Waals surface area contributed by atoms with E-state index in [4.69, 9.17) is 0 Å². The molecule has 158 valence electrons. The van der Waals surface area contributed by atoms with E-state index in [0.717, 1.165) is 44.7 Å². The molecule has 3 heterocycles. The van der Waals surface area contributed by atoms with Crippen LogP contribution in [0.3, 0.4) is 0 Å². The number of amides is 1.